The number of fused-ring (bicyclic) bond motifs is 17. The van der Waals surface area contributed by atoms with Crippen LogP contribution >= 0.6 is 11.3 Å². The molecule has 0 aliphatic rings. The maximum atomic E-state index is 6.70. The van der Waals surface area contributed by atoms with Crippen LogP contribution in [0.25, 0.3) is 146 Å². The number of furan rings is 1. The van der Waals surface area contributed by atoms with Gasteiger partial charge in [-0.3, -0.25) is 0 Å². The van der Waals surface area contributed by atoms with Gasteiger partial charge >= 0.3 is 0 Å². The molecule has 3 aromatic heterocycles. The molecule has 65 heavy (non-hydrogen) atoms. The summed E-state index contributed by atoms with van der Waals surface area (Å²) >= 11 is 1.88. The van der Waals surface area contributed by atoms with Crippen LogP contribution in [0.4, 0.5) is 0 Å². The summed E-state index contributed by atoms with van der Waals surface area (Å²) < 4.78 is 11.8. The van der Waals surface area contributed by atoms with Gasteiger partial charge in [-0.15, -0.1) is 11.3 Å². The molecular weight excluding hydrogens is 807 g/mol. The maximum absolute atomic E-state index is 6.70. The van der Waals surface area contributed by atoms with Crippen LogP contribution in [0.1, 0.15) is 0 Å². The average molecular weight is 842 g/mol. The summed E-state index contributed by atoms with van der Waals surface area (Å²) in [7, 11) is 0. The van der Waals surface area contributed by atoms with Crippen molar-refractivity contribution in [2.45, 2.75) is 0 Å². The Morgan fingerprint density at radius 1 is 0.277 bits per heavy atom. The lowest BCUT2D eigenvalue weighted by Gasteiger charge is -2.18. The number of hydrogen-bond acceptors (Lipinski definition) is 2. The van der Waals surface area contributed by atoms with Crippen molar-refractivity contribution in [3.8, 4) is 27.9 Å². The fourth-order valence-electron chi connectivity index (χ4n) is 11.3. The fraction of sp³-hybridized carbons (Fsp3) is 0. The molecule has 0 radical (unpaired) electrons. The average Bonchev–Trinajstić information content (AvgIpc) is 4.02. The third kappa shape index (κ3) is 4.93. The van der Waals surface area contributed by atoms with Gasteiger partial charge < -0.3 is 8.98 Å². The van der Waals surface area contributed by atoms with E-state index in [2.05, 4.69) is 217 Å². The topological polar surface area (TPSA) is 18.1 Å². The minimum absolute atomic E-state index is 0.897. The van der Waals surface area contributed by atoms with Gasteiger partial charge in [0.2, 0.25) is 0 Å². The van der Waals surface area contributed by atoms with Gasteiger partial charge in [0, 0.05) is 47.4 Å². The highest BCUT2D eigenvalue weighted by Crippen LogP contribution is 2.48. The van der Waals surface area contributed by atoms with E-state index in [4.69, 9.17) is 4.42 Å². The number of nitrogens with zero attached hydrogens (tertiary/aromatic N) is 1. The quantitative estimate of drug-likeness (QED) is 0.128. The van der Waals surface area contributed by atoms with Crippen LogP contribution in [-0.4, -0.2) is 4.57 Å². The minimum atomic E-state index is 0.897. The lowest BCUT2D eigenvalue weighted by atomic mass is 9.85. The first kappa shape index (κ1) is 35.2. The van der Waals surface area contributed by atoms with Crippen LogP contribution < -0.4 is 0 Å². The monoisotopic (exact) mass is 841 g/mol. The largest absolute Gasteiger partial charge is 0.456 e. The maximum Gasteiger partial charge on any atom is 0.136 e. The second-order valence-corrected chi connectivity index (χ2v) is 18.6. The van der Waals surface area contributed by atoms with Gasteiger partial charge in [-0.2, -0.15) is 0 Å². The molecule has 0 aliphatic carbocycles. The predicted molar refractivity (Wildman–Crippen MR) is 279 cm³/mol. The number of hydrogen-bond donors (Lipinski definition) is 0. The van der Waals surface area contributed by atoms with Crippen molar-refractivity contribution >= 4 is 129 Å². The molecule has 0 spiro atoms. The summed E-state index contributed by atoms with van der Waals surface area (Å²) in [4.78, 5) is 0. The van der Waals surface area contributed by atoms with Crippen LogP contribution in [0.15, 0.2) is 217 Å². The van der Waals surface area contributed by atoms with Crippen molar-refractivity contribution in [1.82, 2.24) is 4.57 Å². The summed E-state index contributed by atoms with van der Waals surface area (Å²) in [5, 5.41) is 19.9. The van der Waals surface area contributed by atoms with E-state index in [-0.39, 0.29) is 0 Å². The Morgan fingerprint density at radius 2 is 0.769 bits per heavy atom. The Morgan fingerprint density at radius 3 is 1.42 bits per heavy atom. The normalized spacial score (nSPS) is 12.3. The second kappa shape index (κ2) is 13.2. The molecule has 2 nitrogen and oxygen atoms in total. The van der Waals surface area contributed by atoms with Gasteiger partial charge in [0.05, 0.1) is 11.0 Å². The highest BCUT2D eigenvalue weighted by atomic mass is 32.1. The Labute approximate surface area is 376 Å². The molecule has 3 heterocycles. The lowest BCUT2D eigenvalue weighted by molar-refractivity contribution is 0.669. The Hall–Kier alpha value is -8.24. The molecule has 0 unspecified atom stereocenters. The summed E-state index contributed by atoms with van der Waals surface area (Å²) in [6.07, 6.45) is 0. The molecule has 3 heteroatoms. The first-order chi connectivity index (χ1) is 32.2. The van der Waals surface area contributed by atoms with Gasteiger partial charge in [0.15, 0.2) is 0 Å². The molecule has 0 saturated carbocycles. The van der Waals surface area contributed by atoms with Crippen LogP contribution in [0.2, 0.25) is 0 Å². The van der Waals surface area contributed by atoms with Gasteiger partial charge in [-0.05, 0) is 143 Å². The molecule has 0 aliphatic heterocycles. The molecular formula is C62H35NOS. The van der Waals surface area contributed by atoms with Gasteiger partial charge in [0.1, 0.15) is 11.2 Å². The van der Waals surface area contributed by atoms with Crippen molar-refractivity contribution in [1.29, 1.82) is 0 Å². The summed E-state index contributed by atoms with van der Waals surface area (Å²) in [6, 6.07) is 78.5. The molecule has 0 amide bonds. The van der Waals surface area contributed by atoms with Crippen molar-refractivity contribution < 1.29 is 4.42 Å². The van der Waals surface area contributed by atoms with E-state index in [1.807, 2.05) is 11.3 Å². The van der Waals surface area contributed by atoms with Crippen molar-refractivity contribution in [3.05, 3.63) is 212 Å². The van der Waals surface area contributed by atoms with Crippen molar-refractivity contribution in [2.24, 2.45) is 0 Å². The molecule has 0 atom stereocenters. The molecule has 15 aromatic rings. The third-order valence-corrected chi connectivity index (χ3v) is 15.3. The summed E-state index contributed by atoms with van der Waals surface area (Å²) in [5.74, 6) is 0. The van der Waals surface area contributed by atoms with Crippen molar-refractivity contribution in [2.75, 3.05) is 0 Å². The SMILES string of the molecule is c1ccc(-n2c3ccc(-c4c5ccccc5c(-c5ccc6oc7cc8c9ccccc9c9ccccc9c8cc7c6c5)c5ccccc45)cc3c3cc4sc5ccccc5c4cc32)cc1. The van der Waals surface area contributed by atoms with Crippen LogP contribution in [-0.2, 0) is 0 Å². The van der Waals surface area contributed by atoms with Gasteiger partial charge in [-0.1, -0.05) is 146 Å². The number of thiophene rings is 1. The first-order valence-electron chi connectivity index (χ1n) is 22.3. The predicted octanol–water partition coefficient (Wildman–Crippen LogP) is 18.2. The zero-order valence-electron chi connectivity index (χ0n) is 35.0. The summed E-state index contributed by atoms with van der Waals surface area (Å²) in [5.41, 5.74) is 10.3. The molecule has 0 N–H and O–H groups in total. The van der Waals surface area contributed by atoms with E-state index in [1.54, 1.807) is 0 Å². The Kier molecular flexibility index (Phi) is 7.13. The van der Waals surface area contributed by atoms with Gasteiger partial charge in [-0.25, -0.2) is 0 Å². The first-order valence-corrected chi connectivity index (χ1v) is 23.1. The number of rotatable bonds is 3. The summed E-state index contributed by atoms with van der Waals surface area (Å²) in [6.45, 7) is 0. The van der Waals surface area contributed by atoms with E-state index >= 15 is 0 Å². The molecule has 300 valence electrons. The Balaban J connectivity index is 0.974. The van der Waals surface area contributed by atoms with Crippen LogP contribution in [0.5, 0.6) is 0 Å². The number of benzene rings is 12. The number of aromatic nitrogens is 1. The van der Waals surface area contributed by atoms with E-state index in [1.165, 1.54) is 118 Å². The third-order valence-electron chi connectivity index (χ3n) is 14.1. The Bertz CT molecular complexity index is 4470. The van der Waals surface area contributed by atoms with E-state index in [0.717, 1.165) is 27.6 Å². The lowest BCUT2D eigenvalue weighted by Crippen LogP contribution is -1.93. The number of para-hydroxylation sites is 1. The highest BCUT2D eigenvalue weighted by Gasteiger charge is 2.21. The van der Waals surface area contributed by atoms with Crippen LogP contribution in [0.3, 0.4) is 0 Å². The molecule has 0 bridgehead atoms. The van der Waals surface area contributed by atoms with Crippen molar-refractivity contribution in [3.63, 3.8) is 0 Å². The molecule has 15 rings (SSSR count). The molecule has 0 saturated heterocycles. The molecule has 12 aromatic carbocycles. The highest BCUT2D eigenvalue weighted by molar-refractivity contribution is 7.25. The van der Waals surface area contributed by atoms with E-state index in [0.29, 0.717) is 0 Å². The van der Waals surface area contributed by atoms with Gasteiger partial charge in [0.25, 0.3) is 0 Å². The smallest absolute Gasteiger partial charge is 0.136 e. The molecule has 0 fully saturated rings. The van der Waals surface area contributed by atoms with E-state index in [9.17, 15) is 0 Å². The second-order valence-electron chi connectivity index (χ2n) is 17.5. The standard InChI is InChI=1S/C62H35NOS/c1-2-14-38(15-3-1)63-55-28-26-36(30-50(55)51-35-60-54(33-56(51)63)43-20-12-13-25-59(43)65-60)61-44-21-8-10-23-46(44)62(47-24-11-9-22-45(47)61)37-27-29-57-52(31-37)53-32-48-41-18-6-4-16-39(41)40-17-5-7-19-42(40)49(48)34-58(53)64-57/h1-35H. The fourth-order valence-corrected chi connectivity index (χ4v) is 12.5. The minimum Gasteiger partial charge on any atom is -0.456 e. The van der Waals surface area contributed by atoms with Crippen LogP contribution in [0, 0.1) is 0 Å². The zero-order chi connectivity index (χ0) is 42.3. The zero-order valence-corrected chi connectivity index (χ0v) is 35.8. The van der Waals surface area contributed by atoms with E-state index < -0.39 is 0 Å².